The van der Waals surface area contributed by atoms with Gasteiger partial charge in [0, 0.05) is 24.8 Å². The highest BCUT2D eigenvalue weighted by atomic mass is 16.2. The van der Waals surface area contributed by atoms with E-state index in [1.807, 2.05) is 35.2 Å². The maximum Gasteiger partial charge on any atom is 0.321 e. The van der Waals surface area contributed by atoms with Gasteiger partial charge in [0.15, 0.2) is 0 Å². The minimum Gasteiger partial charge on any atom is -0.327 e. The number of hydrogen-bond donors (Lipinski definition) is 2. The molecule has 4 heteroatoms. The Kier molecular flexibility index (Phi) is 3.42. The second kappa shape index (κ2) is 5.21. The van der Waals surface area contributed by atoms with Crippen LogP contribution in [0.4, 0.5) is 10.5 Å². The van der Waals surface area contributed by atoms with Crippen molar-refractivity contribution in [2.75, 3.05) is 18.4 Å². The van der Waals surface area contributed by atoms with Crippen molar-refractivity contribution in [3.8, 4) is 0 Å². The van der Waals surface area contributed by atoms with Gasteiger partial charge in [-0.1, -0.05) is 24.6 Å². The Morgan fingerprint density at radius 1 is 1.21 bits per heavy atom. The first-order chi connectivity index (χ1) is 9.24. The lowest BCUT2D eigenvalue weighted by Gasteiger charge is -2.29. The summed E-state index contributed by atoms with van der Waals surface area (Å²) in [5.41, 5.74) is 7.03. The number of amides is 2. The van der Waals surface area contributed by atoms with Gasteiger partial charge in [0.05, 0.1) is 0 Å². The van der Waals surface area contributed by atoms with Crippen LogP contribution in [0.2, 0.25) is 0 Å². The van der Waals surface area contributed by atoms with Crippen LogP contribution in [-0.4, -0.2) is 30.1 Å². The standard InChI is InChI=1S/C15H21N3O/c16-14-8-4-5-11-9-18(10-13(11)14)15(19)17-12-6-2-1-3-7-12/h1-3,6-7,11,13-14H,4-5,8-10,16H2,(H,17,19). The van der Waals surface area contributed by atoms with E-state index in [1.165, 1.54) is 12.8 Å². The summed E-state index contributed by atoms with van der Waals surface area (Å²) < 4.78 is 0. The van der Waals surface area contributed by atoms with Crippen molar-refractivity contribution in [1.29, 1.82) is 0 Å². The fourth-order valence-electron chi connectivity index (χ4n) is 3.41. The van der Waals surface area contributed by atoms with Crippen molar-refractivity contribution in [2.24, 2.45) is 17.6 Å². The molecule has 3 atom stereocenters. The molecule has 19 heavy (non-hydrogen) atoms. The zero-order valence-corrected chi connectivity index (χ0v) is 11.1. The summed E-state index contributed by atoms with van der Waals surface area (Å²) in [5, 5.41) is 2.95. The summed E-state index contributed by atoms with van der Waals surface area (Å²) in [6.45, 7) is 1.67. The van der Waals surface area contributed by atoms with Crippen molar-refractivity contribution in [1.82, 2.24) is 4.90 Å². The SMILES string of the molecule is NC1CCCC2CN(C(=O)Nc3ccccc3)CC12. The van der Waals surface area contributed by atoms with E-state index in [4.69, 9.17) is 5.73 Å². The second-order valence-electron chi connectivity index (χ2n) is 5.72. The monoisotopic (exact) mass is 259 g/mol. The first-order valence-electron chi connectivity index (χ1n) is 7.10. The van der Waals surface area contributed by atoms with Crippen LogP contribution in [-0.2, 0) is 0 Å². The number of fused-ring (bicyclic) bond motifs is 1. The predicted molar refractivity (Wildman–Crippen MR) is 75.8 cm³/mol. The Hall–Kier alpha value is -1.55. The van der Waals surface area contributed by atoms with Crippen LogP contribution in [0.5, 0.6) is 0 Å². The summed E-state index contributed by atoms with van der Waals surface area (Å²) in [6, 6.07) is 9.89. The Morgan fingerprint density at radius 2 is 2.00 bits per heavy atom. The van der Waals surface area contributed by atoms with E-state index >= 15 is 0 Å². The molecule has 0 aromatic heterocycles. The molecular weight excluding hydrogens is 238 g/mol. The van der Waals surface area contributed by atoms with Gasteiger partial charge in [-0.3, -0.25) is 0 Å². The third kappa shape index (κ3) is 2.59. The average molecular weight is 259 g/mol. The number of nitrogens with two attached hydrogens (primary N) is 1. The van der Waals surface area contributed by atoms with Crippen LogP contribution >= 0.6 is 0 Å². The lowest BCUT2D eigenvalue weighted by molar-refractivity contribution is 0.219. The molecule has 1 saturated heterocycles. The molecule has 1 aromatic rings. The van der Waals surface area contributed by atoms with Gasteiger partial charge in [-0.15, -0.1) is 0 Å². The molecule has 1 saturated carbocycles. The zero-order chi connectivity index (χ0) is 13.2. The molecule has 1 aliphatic heterocycles. The van der Waals surface area contributed by atoms with Gasteiger partial charge >= 0.3 is 6.03 Å². The molecule has 0 radical (unpaired) electrons. The minimum atomic E-state index is 0.00722. The van der Waals surface area contributed by atoms with E-state index < -0.39 is 0 Å². The lowest BCUT2D eigenvalue weighted by Crippen LogP contribution is -2.39. The van der Waals surface area contributed by atoms with Crippen LogP contribution in [0.25, 0.3) is 0 Å². The smallest absolute Gasteiger partial charge is 0.321 e. The van der Waals surface area contributed by atoms with Crippen LogP contribution in [0, 0.1) is 11.8 Å². The minimum absolute atomic E-state index is 0.00722. The maximum atomic E-state index is 12.2. The van der Waals surface area contributed by atoms with Gasteiger partial charge < -0.3 is 16.0 Å². The number of nitrogens with one attached hydrogen (secondary N) is 1. The molecule has 2 aliphatic rings. The molecule has 2 fully saturated rings. The normalized spacial score (nSPS) is 29.9. The van der Waals surface area contributed by atoms with Gasteiger partial charge in [0.2, 0.25) is 0 Å². The van der Waals surface area contributed by atoms with Crippen LogP contribution in [0.1, 0.15) is 19.3 Å². The number of urea groups is 1. The number of para-hydroxylation sites is 1. The van der Waals surface area contributed by atoms with Gasteiger partial charge in [-0.05, 0) is 36.8 Å². The molecule has 3 rings (SSSR count). The maximum absolute atomic E-state index is 12.2. The topological polar surface area (TPSA) is 58.4 Å². The van der Waals surface area contributed by atoms with Crippen LogP contribution in [0.15, 0.2) is 30.3 Å². The number of carbonyl (C=O) groups is 1. The number of anilines is 1. The molecule has 2 amide bonds. The van der Waals surface area contributed by atoms with E-state index in [9.17, 15) is 4.79 Å². The fourth-order valence-corrected chi connectivity index (χ4v) is 3.41. The molecule has 0 spiro atoms. The molecule has 1 aliphatic carbocycles. The molecule has 4 nitrogen and oxygen atoms in total. The van der Waals surface area contributed by atoms with Crippen molar-refractivity contribution in [2.45, 2.75) is 25.3 Å². The van der Waals surface area contributed by atoms with Gasteiger partial charge in [-0.25, -0.2) is 4.79 Å². The Balaban J connectivity index is 1.63. The summed E-state index contributed by atoms with van der Waals surface area (Å²) >= 11 is 0. The van der Waals surface area contributed by atoms with E-state index in [0.29, 0.717) is 11.8 Å². The number of nitrogens with zero attached hydrogens (tertiary/aromatic N) is 1. The quantitative estimate of drug-likeness (QED) is 0.813. The Bertz CT molecular complexity index is 448. The molecule has 102 valence electrons. The summed E-state index contributed by atoms with van der Waals surface area (Å²) in [4.78, 5) is 14.2. The first kappa shape index (κ1) is 12.5. The Labute approximate surface area is 114 Å². The molecule has 3 N–H and O–H groups in total. The van der Waals surface area contributed by atoms with Crippen molar-refractivity contribution in [3.63, 3.8) is 0 Å². The van der Waals surface area contributed by atoms with Crippen LogP contribution < -0.4 is 11.1 Å². The van der Waals surface area contributed by atoms with Crippen molar-refractivity contribution >= 4 is 11.7 Å². The largest absolute Gasteiger partial charge is 0.327 e. The van der Waals surface area contributed by atoms with Crippen molar-refractivity contribution in [3.05, 3.63) is 30.3 Å². The van der Waals surface area contributed by atoms with Gasteiger partial charge in [-0.2, -0.15) is 0 Å². The van der Waals surface area contributed by atoms with Crippen molar-refractivity contribution < 1.29 is 4.79 Å². The fraction of sp³-hybridized carbons (Fsp3) is 0.533. The number of carbonyl (C=O) groups excluding carboxylic acids is 1. The highest BCUT2D eigenvalue weighted by Gasteiger charge is 2.40. The summed E-state index contributed by atoms with van der Waals surface area (Å²) in [6.07, 6.45) is 3.53. The summed E-state index contributed by atoms with van der Waals surface area (Å²) in [5.74, 6) is 1.10. The number of likely N-dealkylation sites (tertiary alicyclic amines) is 1. The highest BCUT2D eigenvalue weighted by Crippen LogP contribution is 2.35. The zero-order valence-electron chi connectivity index (χ0n) is 11.1. The highest BCUT2D eigenvalue weighted by molar-refractivity contribution is 5.89. The average Bonchev–Trinajstić information content (AvgIpc) is 2.85. The molecule has 1 heterocycles. The Morgan fingerprint density at radius 3 is 2.74 bits per heavy atom. The van der Waals surface area contributed by atoms with E-state index in [0.717, 1.165) is 25.2 Å². The lowest BCUT2D eigenvalue weighted by atomic mass is 9.78. The first-order valence-corrected chi connectivity index (χ1v) is 7.10. The number of benzene rings is 1. The van der Waals surface area contributed by atoms with E-state index in [2.05, 4.69) is 5.32 Å². The molecule has 1 aromatic carbocycles. The molecular formula is C15H21N3O. The van der Waals surface area contributed by atoms with Gasteiger partial charge in [0.1, 0.15) is 0 Å². The summed E-state index contributed by atoms with van der Waals surface area (Å²) in [7, 11) is 0. The van der Waals surface area contributed by atoms with E-state index in [1.54, 1.807) is 0 Å². The third-order valence-electron chi connectivity index (χ3n) is 4.47. The number of hydrogen-bond acceptors (Lipinski definition) is 2. The number of rotatable bonds is 1. The molecule has 3 unspecified atom stereocenters. The van der Waals surface area contributed by atoms with Crippen LogP contribution in [0.3, 0.4) is 0 Å². The molecule has 0 bridgehead atoms. The third-order valence-corrected chi connectivity index (χ3v) is 4.47. The predicted octanol–water partition coefficient (Wildman–Crippen LogP) is 2.28. The second-order valence-corrected chi connectivity index (χ2v) is 5.72. The van der Waals surface area contributed by atoms with E-state index in [-0.39, 0.29) is 12.1 Å². The van der Waals surface area contributed by atoms with Gasteiger partial charge in [0.25, 0.3) is 0 Å².